The Hall–Kier alpha value is -0.120. The van der Waals surface area contributed by atoms with E-state index < -0.39 is 0 Å². The van der Waals surface area contributed by atoms with Crippen molar-refractivity contribution in [1.29, 1.82) is 0 Å². The zero-order chi connectivity index (χ0) is 11.5. The fourth-order valence-corrected chi connectivity index (χ4v) is 3.22. The first-order valence-electron chi connectivity index (χ1n) is 7.45. The standard InChI is InChI=1S/C14H26N2O/c1-6-15-14(13-2-3-13)10-16(7-1)8-4-12-5-9-17-11-12/h12-15H,1-11H2. The second-order valence-electron chi connectivity index (χ2n) is 6.07. The minimum Gasteiger partial charge on any atom is -0.381 e. The molecule has 17 heavy (non-hydrogen) atoms. The normalized spacial score (nSPS) is 36.0. The Kier molecular flexibility index (Phi) is 3.99. The topological polar surface area (TPSA) is 24.5 Å². The summed E-state index contributed by atoms with van der Waals surface area (Å²) in [5.41, 5.74) is 0. The molecule has 3 aliphatic rings. The number of nitrogens with one attached hydrogen (secondary N) is 1. The van der Waals surface area contributed by atoms with E-state index in [1.165, 1.54) is 58.3 Å². The fraction of sp³-hybridized carbons (Fsp3) is 1.00. The molecule has 1 saturated carbocycles. The summed E-state index contributed by atoms with van der Waals surface area (Å²) in [6.07, 6.45) is 6.88. The van der Waals surface area contributed by atoms with Crippen LogP contribution >= 0.6 is 0 Å². The van der Waals surface area contributed by atoms with Crippen molar-refractivity contribution in [2.45, 2.75) is 38.1 Å². The molecule has 98 valence electrons. The maximum absolute atomic E-state index is 5.46. The molecule has 0 aromatic rings. The van der Waals surface area contributed by atoms with Gasteiger partial charge in [0.15, 0.2) is 0 Å². The van der Waals surface area contributed by atoms with E-state index in [2.05, 4.69) is 10.2 Å². The van der Waals surface area contributed by atoms with E-state index in [-0.39, 0.29) is 0 Å². The molecule has 2 saturated heterocycles. The van der Waals surface area contributed by atoms with Gasteiger partial charge in [-0.2, -0.15) is 0 Å². The average molecular weight is 238 g/mol. The first kappa shape index (κ1) is 11.9. The lowest BCUT2D eigenvalue weighted by Gasteiger charge is -2.25. The van der Waals surface area contributed by atoms with Gasteiger partial charge in [-0.3, -0.25) is 0 Å². The molecule has 0 amide bonds. The zero-order valence-electron chi connectivity index (χ0n) is 10.9. The molecule has 2 aliphatic heterocycles. The molecule has 2 atom stereocenters. The molecule has 2 heterocycles. The quantitative estimate of drug-likeness (QED) is 0.803. The van der Waals surface area contributed by atoms with Gasteiger partial charge in [0, 0.05) is 25.8 Å². The van der Waals surface area contributed by atoms with E-state index in [9.17, 15) is 0 Å². The molecule has 0 spiro atoms. The summed E-state index contributed by atoms with van der Waals surface area (Å²) in [6.45, 7) is 7.11. The molecule has 1 N–H and O–H groups in total. The van der Waals surface area contributed by atoms with E-state index in [0.717, 1.165) is 31.1 Å². The Bertz CT molecular complexity index is 236. The van der Waals surface area contributed by atoms with Gasteiger partial charge in [-0.1, -0.05) is 0 Å². The Labute approximate surface area is 105 Å². The molecule has 3 nitrogen and oxygen atoms in total. The van der Waals surface area contributed by atoms with Gasteiger partial charge in [0.2, 0.25) is 0 Å². The summed E-state index contributed by atoms with van der Waals surface area (Å²) in [7, 11) is 0. The number of ether oxygens (including phenoxy) is 1. The largest absolute Gasteiger partial charge is 0.381 e. The molecular formula is C14H26N2O. The van der Waals surface area contributed by atoms with Crippen LogP contribution in [0.25, 0.3) is 0 Å². The average Bonchev–Trinajstić information content (AvgIpc) is 3.09. The monoisotopic (exact) mass is 238 g/mol. The van der Waals surface area contributed by atoms with Crippen molar-refractivity contribution in [1.82, 2.24) is 10.2 Å². The Morgan fingerprint density at radius 1 is 1.24 bits per heavy atom. The van der Waals surface area contributed by atoms with Crippen molar-refractivity contribution in [3.63, 3.8) is 0 Å². The van der Waals surface area contributed by atoms with Gasteiger partial charge < -0.3 is 15.0 Å². The molecule has 0 radical (unpaired) electrons. The Balaban J connectivity index is 1.43. The van der Waals surface area contributed by atoms with Crippen LogP contribution in [0.1, 0.15) is 32.1 Å². The minimum absolute atomic E-state index is 0.789. The molecule has 0 bridgehead atoms. The van der Waals surface area contributed by atoms with Crippen molar-refractivity contribution in [3.8, 4) is 0 Å². The molecular weight excluding hydrogens is 212 g/mol. The van der Waals surface area contributed by atoms with Crippen molar-refractivity contribution >= 4 is 0 Å². The van der Waals surface area contributed by atoms with Crippen molar-refractivity contribution < 1.29 is 4.74 Å². The highest BCUT2D eigenvalue weighted by Gasteiger charge is 2.33. The molecule has 3 heteroatoms. The van der Waals surface area contributed by atoms with Gasteiger partial charge in [-0.05, 0) is 63.6 Å². The molecule has 3 rings (SSSR count). The summed E-state index contributed by atoms with van der Waals surface area (Å²) in [4.78, 5) is 2.70. The Morgan fingerprint density at radius 2 is 2.18 bits per heavy atom. The molecule has 1 aliphatic carbocycles. The van der Waals surface area contributed by atoms with Crippen LogP contribution in [0.5, 0.6) is 0 Å². The maximum Gasteiger partial charge on any atom is 0.0495 e. The van der Waals surface area contributed by atoms with E-state index in [4.69, 9.17) is 4.74 Å². The van der Waals surface area contributed by atoms with Gasteiger partial charge in [0.1, 0.15) is 0 Å². The van der Waals surface area contributed by atoms with E-state index in [0.29, 0.717) is 0 Å². The highest BCUT2D eigenvalue weighted by atomic mass is 16.5. The first-order chi connectivity index (χ1) is 8.42. The van der Waals surface area contributed by atoms with Crippen LogP contribution < -0.4 is 5.32 Å². The molecule has 0 aromatic heterocycles. The van der Waals surface area contributed by atoms with E-state index >= 15 is 0 Å². The van der Waals surface area contributed by atoms with Gasteiger partial charge >= 0.3 is 0 Å². The van der Waals surface area contributed by atoms with E-state index in [1.54, 1.807) is 0 Å². The molecule has 3 fully saturated rings. The van der Waals surface area contributed by atoms with Gasteiger partial charge in [-0.25, -0.2) is 0 Å². The Morgan fingerprint density at radius 3 is 2.94 bits per heavy atom. The van der Waals surface area contributed by atoms with Crippen LogP contribution in [-0.4, -0.2) is 50.3 Å². The van der Waals surface area contributed by atoms with Gasteiger partial charge in [0.05, 0.1) is 0 Å². The van der Waals surface area contributed by atoms with Crippen LogP contribution in [-0.2, 0) is 4.74 Å². The number of hydrogen-bond donors (Lipinski definition) is 1. The smallest absolute Gasteiger partial charge is 0.0495 e. The van der Waals surface area contributed by atoms with Crippen LogP contribution in [0, 0.1) is 11.8 Å². The second-order valence-corrected chi connectivity index (χ2v) is 6.07. The van der Waals surface area contributed by atoms with Crippen molar-refractivity contribution in [2.75, 3.05) is 39.4 Å². The lowest BCUT2D eigenvalue weighted by atomic mass is 10.0. The molecule has 0 aromatic carbocycles. The number of rotatable bonds is 4. The maximum atomic E-state index is 5.46. The fourth-order valence-electron chi connectivity index (χ4n) is 3.22. The zero-order valence-corrected chi connectivity index (χ0v) is 10.9. The summed E-state index contributed by atoms with van der Waals surface area (Å²) < 4.78 is 5.46. The predicted octanol–water partition coefficient (Wildman–Crippen LogP) is 1.49. The van der Waals surface area contributed by atoms with Gasteiger partial charge in [-0.15, -0.1) is 0 Å². The first-order valence-corrected chi connectivity index (χ1v) is 7.45. The van der Waals surface area contributed by atoms with Crippen LogP contribution in [0.4, 0.5) is 0 Å². The second kappa shape index (κ2) is 5.68. The number of hydrogen-bond acceptors (Lipinski definition) is 3. The van der Waals surface area contributed by atoms with Crippen LogP contribution in [0.15, 0.2) is 0 Å². The highest BCUT2D eigenvalue weighted by Crippen LogP contribution is 2.33. The summed E-state index contributed by atoms with van der Waals surface area (Å²) in [6, 6.07) is 0.789. The van der Waals surface area contributed by atoms with Gasteiger partial charge in [0.25, 0.3) is 0 Å². The lowest BCUT2D eigenvalue weighted by molar-refractivity contribution is 0.177. The van der Waals surface area contributed by atoms with Crippen LogP contribution in [0.2, 0.25) is 0 Å². The van der Waals surface area contributed by atoms with Crippen molar-refractivity contribution in [2.24, 2.45) is 11.8 Å². The van der Waals surface area contributed by atoms with Crippen LogP contribution in [0.3, 0.4) is 0 Å². The summed E-state index contributed by atoms with van der Waals surface area (Å²) in [5, 5.41) is 3.74. The van der Waals surface area contributed by atoms with E-state index in [1.807, 2.05) is 0 Å². The minimum atomic E-state index is 0.789. The third-order valence-corrected chi connectivity index (χ3v) is 4.58. The highest BCUT2D eigenvalue weighted by molar-refractivity contribution is 4.90. The molecule has 2 unspecified atom stereocenters. The number of nitrogens with zero attached hydrogens (tertiary/aromatic N) is 1. The third-order valence-electron chi connectivity index (χ3n) is 4.58. The SMILES string of the molecule is C1CNC(C2CC2)CN(CCC2CCOC2)C1. The predicted molar refractivity (Wildman–Crippen MR) is 69.1 cm³/mol. The summed E-state index contributed by atoms with van der Waals surface area (Å²) >= 11 is 0. The third kappa shape index (κ3) is 3.43. The summed E-state index contributed by atoms with van der Waals surface area (Å²) in [5.74, 6) is 1.83. The lowest BCUT2D eigenvalue weighted by Crippen LogP contribution is -2.39. The van der Waals surface area contributed by atoms with Crippen molar-refractivity contribution in [3.05, 3.63) is 0 Å².